The number of carbonyl (C=O) groups is 2. The highest BCUT2D eigenvalue weighted by atomic mass is 19.1. The van der Waals surface area contributed by atoms with Gasteiger partial charge in [-0.1, -0.05) is 12.1 Å². The van der Waals surface area contributed by atoms with E-state index in [-0.39, 0.29) is 11.3 Å². The predicted octanol–water partition coefficient (Wildman–Crippen LogP) is 3.10. The van der Waals surface area contributed by atoms with Crippen LogP contribution in [0.25, 0.3) is 11.1 Å². The van der Waals surface area contributed by atoms with Crippen LogP contribution in [0.3, 0.4) is 0 Å². The molecule has 0 N–H and O–H groups in total. The molecule has 0 saturated heterocycles. The van der Waals surface area contributed by atoms with Crippen LogP contribution >= 0.6 is 0 Å². The van der Waals surface area contributed by atoms with Crippen molar-refractivity contribution < 1.29 is 23.5 Å². The van der Waals surface area contributed by atoms with Crippen LogP contribution in [0.1, 0.15) is 20.7 Å². The van der Waals surface area contributed by atoms with E-state index < -0.39 is 11.8 Å². The van der Waals surface area contributed by atoms with Gasteiger partial charge >= 0.3 is 5.97 Å². The monoisotopic (exact) mass is 288 g/mol. The number of carbonyl (C=O) groups excluding carboxylic acids is 2. The fraction of sp³-hybridized carbons (Fsp3) is 0.125. The Morgan fingerprint density at radius 2 is 1.90 bits per heavy atom. The molecule has 0 aliphatic heterocycles. The molecule has 0 fully saturated rings. The van der Waals surface area contributed by atoms with E-state index in [0.717, 1.165) is 0 Å². The Morgan fingerprint density at radius 1 is 1.14 bits per heavy atom. The van der Waals surface area contributed by atoms with Gasteiger partial charge in [0.15, 0.2) is 6.29 Å². The van der Waals surface area contributed by atoms with E-state index in [1.165, 1.54) is 32.4 Å². The van der Waals surface area contributed by atoms with E-state index >= 15 is 0 Å². The van der Waals surface area contributed by atoms with Crippen LogP contribution in [0.5, 0.6) is 5.75 Å². The van der Waals surface area contributed by atoms with Crippen molar-refractivity contribution >= 4 is 12.3 Å². The van der Waals surface area contributed by atoms with Crippen LogP contribution in [0, 0.1) is 5.82 Å². The zero-order valence-electron chi connectivity index (χ0n) is 11.6. The lowest BCUT2D eigenvalue weighted by molar-refractivity contribution is 0.0601. The third kappa shape index (κ3) is 2.76. The molecule has 0 aliphatic carbocycles. The van der Waals surface area contributed by atoms with E-state index in [1.807, 2.05) is 0 Å². The summed E-state index contributed by atoms with van der Waals surface area (Å²) in [6, 6.07) is 8.57. The van der Waals surface area contributed by atoms with Gasteiger partial charge in [-0.05, 0) is 24.3 Å². The molecule has 0 radical (unpaired) electrons. The van der Waals surface area contributed by atoms with Gasteiger partial charge in [-0.2, -0.15) is 0 Å². The maximum absolute atomic E-state index is 13.6. The number of rotatable bonds is 4. The van der Waals surface area contributed by atoms with Gasteiger partial charge in [0.05, 0.1) is 25.3 Å². The number of aldehydes is 1. The highest BCUT2D eigenvalue weighted by Gasteiger charge is 2.18. The van der Waals surface area contributed by atoms with Crippen LogP contribution in [0.15, 0.2) is 36.4 Å². The molecule has 108 valence electrons. The molecule has 2 aromatic carbocycles. The van der Waals surface area contributed by atoms with Crippen LogP contribution in [-0.2, 0) is 4.74 Å². The summed E-state index contributed by atoms with van der Waals surface area (Å²) in [4.78, 5) is 22.9. The molecule has 2 aromatic rings. The summed E-state index contributed by atoms with van der Waals surface area (Å²) in [6.45, 7) is 0. The van der Waals surface area contributed by atoms with Crippen molar-refractivity contribution in [3.63, 3.8) is 0 Å². The van der Waals surface area contributed by atoms with Gasteiger partial charge in [0, 0.05) is 11.1 Å². The summed E-state index contributed by atoms with van der Waals surface area (Å²) < 4.78 is 23.5. The molecule has 0 heterocycles. The van der Waals surface area contributed by atoms with Gasteiger partial charge in [0.25, 0.3) is 0 Å². The number of benzene rings is 2. The minimum Gasteiger partial charge on any atom is -0.495 e. The summed E-state index contributed by atoms with van der Waals surface area (Å²) in [6.07, 6.45) is 0.638. The van der Waals surface area contributed by atoms with Gasteiger partial charge in [-0.3, -0.25) is 4.79 Å². The molecule has 0 aromatic heterocycles. The van der Waals surface area contributed by atoms with Crippen LogP contribution in [-0.4, -0.2) is 26.5 Å². The molecule has 0 atom stereocenters. The third-order valence-corrected chi connectivity index (χ3v) is 3.05. The number of ether oxygens (including phenoxy) is 2. The second kappa shape index (κ2) is 6.17. The van der Waals surface area contributed by atoms with Crippen LogP contribution < -0.4 is 4.74 Å². The Kier molecular flexibility index (Phi) is 4.33. The molecule has 0 bridgehead atoms. The summed E-state index contributed by atoms with van der Waals surface area (Å²) in [5.74, 6) is -0.817. The second-order valence-electron chi connectivity index (χ2n) is 4.23. The minimum absolute atomic E-state index is 0.195. The number of hydrogen-bond acceptors (Lipinski definition) is 4. The molecule has 4 nitrogen and oxygen atoms in total. The fourth-order valence-corrected chi connectivity index (χ4v) is 2.11. The van der Waals surface area contributed by atoms with Gasteiger partial charge in [0.1, 0.15) is 11.6 Å². The Bertz CT molecular complexity index is 695. The lowest BCUT2D eigenvalue weighted by Gasteiger charge is -2.13. The second-order valence-corrected chi connectivity index (χ2v) is 4.23. The van der Waals surface area contributed by atoms with Crippen LogP contribution in [0.4, 0.5) is 4.39 Å². The SMILES string of the molecule is COC(=O)c1ccc(F)cc1-c1cccc(C=O)c1OC. The van der Waals surface area contributed by atoms with Crippen molar-refractivity contribution in [3.05, 3.63) is 53.3 Å². The van der Waals surface area contributed by atoms with Crippen molar-refractivity contribution in [2.75, 3.05) is 14.2 Å². The predicted molar refractivity (Wildman–Crippen MR) is 75.1 cm³/mol. The van der Waals surface area contributed by atoms with E-state index in [0.29, 0.717) is 23.0 Å². The number of hydrogen-bond donors (Lipinski definition) is 0. The van der Waals surface area contributed by atoms with E-state index in [2.05, 4.69) is 0 Å². The summed E-state index contributed by atoms with van der Waals surface area (Å²) in [5.41, 5.74) is 1.26. The van der Waals surface area contributed by atoms with Gasteiger partial charge in [0.2, 0.25) is 0 Å². The van der Waals surface area contributed by atoms with Crippen molar-refractivity contribution in [1.29, 1.82) is 0 Å². The molecular formula is C16H13FO4. The molecule has 0 amide bonds. The first-order valence-electron chi connectivity index (χ1n) is 6.12. The molecule has 2 rings (SSSR count). The van der Waals surface area contributed by atoms with Gasteiger partial charge in [-0.15, -0.1) is 0 Å². The van der Waals surface area contributed by atoms with Crippen molar-refractivity contribution in [2.45, 2.75) is 0 Å². The van der Waals surface area contributed by atoms with Gasteiger partial charge < -0.3 is 9.47 Å². The van der Waals surface area contributed by atoms with Crippen molar-refractivity contribution in [2.24, 2.45) is 0 Å². The minimum atomic E-state index is -0.594. The molecule has 0 saturated carbocycles. The van der Waals surface area contributed by atoms with E-state index in [1.54, 1.807) is 18.2 Å². The van der Waals surface area contributed by atoms with E-state index in [9.17, 15) is 14.0 Å². The van der Waals surface area contributed by atoms with Crippen molar-refractivity contribution in [3.8, 4) is 16.9 Å². The largest absolute Gasteiger partial charge is 0.495 e. The van der Waals surface area contributed by atoms with Gasteiger partial charge in [-0.25, -0.2) is 9.18 Å². The van der Waals surface area contributed by atoms with Crippen LogP contribution in [0.2, 0.25) is 0 Å². The number of halogens is 1. The third-order valence-electron chi connectivity index (χ3n) is 3.05. The Hall–Kier alpha value is -2.69. The first-order valence-corrected chi connectivity index (χ1v) is 6.12. The molecule has 5 heteroatoms. The number of esters is 1. The Labute approximate surface area is 121 Å². The average Bonchev–Trinajstić information content (AvgIpc) is 2.53. The lowest BCUT2D eigenvalue weighted by atomic mass is 9.97. The summed E-state index contributed by atoms with van der Waals surface area (Å²) in [7, 11) is 2.65. The zero-order chi connectivity index (χ0) is 15.4. The van der Waals surface area contributed by atoms with E-state index in [4.69, 9.17) is 9.47 Å². The average molecular weight is 288 g/mol. The summed E-state index contributed by atoms with van der Waals surface area (Å²) >= 11 is 0. The fourth-order valence-electron chi connectivity index (χ4n) is 2.11. The molecule has 0 spiro atoms. The smallest absolute Gasteiger partial charge is 0.338 e. The van der Waals surface area contributed by atoms with Crippen molar-refractivity contribution in [1.82, 2.24) is 0 Å². The first kappa shape index (κ1) is 14.7. The zero-order valence-corrected chi connectivity index (χ0v) is 11.6. The number of para-hydroxylation sites is 1. The highest BCUT2D eigenvalue weighted by molar-refractivity contribution is 5.99. The standard InChI is InChI=1S/C16H13FO4/c1-20-15-10(9-18)4-3-5-12(15)14-8-11(17)6-7-13(14)16(19)21-2/h3-9H,1-2H3. The maximum atomic E-state index is 13.6. The Balaban J connectivity index is 2.74. The molecule has 0 aliphatic rings. The first-order chi connectivity index (χ1) is 10.1. The normalized spacial score (nSPS) is 10.0. The highest BCUT2D eigenvalue weighted by Crippen LogP contribution is 2.35. The quantitative estimate of drug-likeness (QED) is 0.641. The maximum Gasteiger partial charge on any atom is 0.338 e. The number of methoxy groups -OCH3 is 2. The summed E-state index contributed by atoms with van der Waals surface area (Å²) in [5, 5.41) is 0. The topological polar surface area (TPSA) is 52.6 Å². The lowest BCUT2D eigenvalue weighted by Crippen LogP contribution is -2.05. The Morgan fingerprint density at radius 3 is 2.52 bits per heavy atom. The molecule has 0 unspecified atom stereocenters. The molecular weight excluding hydrogens is 275 g/mol. The molecule has 21 heavy (non-hydrogen) atoms.